The average Bonchev–Trinajstić information content (AvgIpc) is 3.16. The van der Waals surface area contributed by atoms with E-state index in [0.717, 1.165) is 17.0 Å². The number of non-ortho nitro benzene ring substituents is 1. The molecule has 9 nitrogen and oxygen atoms in total. The first kappa shape index (κ1) is 19.2. The fourth-order valence-electron chi connectivity index (χ4n) is 2.59. The maximum absolute atomic E-state index is 12.3. The number of aromatic nitrogens is 4. The summed E-state index contributed by atoms with van der Waals surface area (Å²) in [5.41, 5.74) is 0.534. The molecule has 12 heteroatoms. The molecule has 2 aromatic carbocycles. The number of rotatable bonds is 5. The lowest BCUT2D eigenvalue weighted by Gasteiger charge is -2.04. The standard InChI is InChI=1S/C17H10Cl2N6O3S/c18-9-1-3-12(4-2-9)24-8-11(22-23-24)7-20-17-21-16(26)13-5-10(19)6-14(25(27)28)15(13)29-17/h1-6,8H,7H2,(H,20,21,26). The lowest BCUT2D eigenvalue weighted by atomic mass is 10.2. The fourth-order valence-corrected chi connectivity index (χ4v) is 3.89. The Bertz CT molecular complexity index is 1290. The minimum atomic E-state index is -0.600. The van der Waals surface area contributed by atoms with Gasteiger partial charge in [-0.3, -0.25) is 14.9 Å². The molecule has 2 heterocycles. The zero-order chi connectivity index (χ0) is 20.5. The number of nitro groups is 1. The molecule has 0 spiro atoms. The van der Waals surface area contributed by atoms with Crippen molar-refractivity contribution in [1.29, 1.82) is 0 Å². The van der Waals surface area contributed by atoms with Gasteiger partial charge < -0.3 is 5.32 Å². The van der Waals surface area contributed by atoms with Crippen LogP contribution in [0.3, 0.4) is 0 Å². The van der Waals surface area contributed by atoms with Gasteiger partial charge in [-0.05, 0) is 30.3 Å². The molecule has 0 unspecified atom stereocenters. The third-order valence-corrected chi connectivity index (χ3v) is 5.45. The number of benzene rings is 2. The number of anilines is 1. The number of hydrogen-bond acceptors (Lipinski definition) is 8. The van der Waals surface area contributed by atoms with Gasteiger partial charge in [0.25, 0.3) is 11.2 Å². The van der Waals surface area contributed by atoms with E-state index in [4.69, 9.17) is 23.2 Å². The van der Waals surface area contributed by atoms with Crippen molar-refractivity contribution in [3.8, 4) is 5.69 Å². The number of halogens is 2. The van der Waals surface area contributed by atoms with Gasteiger partial charge in [0.2, 0.25) is 0 Å². The number of nitrogens with one attached hydrogen (secondary N) is 1. The van der Waals surface area contributed by atoms with Crippen molar-refractivity contribution in [2.45, 2.75) is 6.54 Å². The maximum Gasteiger partial charge on any atom is 0.288 e. The van der Waals surface area contributed by atoms with Gasteiger partial charge in [0.05, 0.1) is 28.7 Å². The van der Waals surface area contributed by atoms with Gasteiger partial charge >= 0.3 is 0 Å². The van der Waals surface area contributed by atoms with E-state index in [1.807, 2.05) is 0 Å². The van der Waals surface area contributed by atoms with E-state index in [1.165, 1.54) is 12.1 Å². The summed E-state index contributed by atoms with van der Waals surface area (Å²) in [5.74, 6) is 0. The Morgan fingerprint density at radius 3 is 2.66 bits per heavy atom. The summed E-state index contributed by atoms with van der Waals surface area (Å²) in [6.07, 6.45) is 1.71. The van der Waals surface area contributed by atoms with Crippen LogP contribution >= 0.6 is 34.5 Å². The highest BCUT2D eigenvalue weighted by atomic mass is 35.5. The van der Waals surface area contributed by atoms with Crippen molar-refractivity contribution in [3.05, 3.63) is 78.8 Å². The predicted octanol–water partition coefficient (Wildman–Crippen LogP) is 4.06. The zero-order valence-electron chi connectivity index (χ0n) is 14.4. The van der Waals surface area contributed by atoms with E-state index < -0.39 is 10.5 Å². The Balaban J connectivity index is 1.60. The highest BCUT2D eigenvalue weighted by molar-refractivity contribution is 7.22. The predicted molar refractivity (Wildman–Crippen MR) is 111 cm³/mol. The van der Waals surface area contributed by atoms with E-state index >= 15 is 0 Å². The van der Waals surface area contributed by atoms with Crippen molar-refractivity contribution in [1.82, 2.24) is 20.0 Å². The third-order valence-electron chi connectivity index (χ3n) is 3.92. The zero-order valence-corrected chi connectivity index (χ0v) is 16.7. The van der Waals surface area contributed by atoms with E-state index in [9.17, 15) is 14.9 Å². The number of fused-ring (bicyclic) bond motifs is 1. The molecule has 0 aliphatic rings. The van der Waals surface area contributed by atoms with Crippen LogP contribution in [0, 0.1) is 10.1 Å². The summed E-state index contributed by atoms with van der Waals surface area (Å²) in [5, 5.41) is 23.4. The molecule has 0 bridgehead atoms. The molecule has 0 atom stereocenters. The van der Waals surface area contributed by atoms with Crippen LogP contribution in [0.25, 0.3) is 15.8 Å². The molecule has 0 amide bonds. The van der Waals surface area contributed by atoms with E-state index in [2.05, 4.69) is 20.6 Å². The highest BCUT2D eigenvalue weighted by Crippen LogP contribution is 2.33. The summed E-state index contributed by atoms with van der Waals surface area (Å²) < 4.78 is 1.78. The third kappa shape index (κ3) is 4.04. The molecule has 0 fully saturated rings. The van der Waals surface area contributed by atoms with Crippen molar-refractivity contribution >= 4 is 55.4 Å². The van der Waals surface area contributed by atoms with Gasteiger partial charge in [-0.2, -0.15) is 4.98 Å². The van der Waals surface area contributed by atoms with Crippen LogP contribution in [-0.4, -0.2) is 24.9 Å². The van der Waals surface area contributed by atoms with Gasteiger partial charge in [0.15, 0.2) is 5.13 Å². The van der Waals surface area contributed by atoms with E-state index in [1.54, 1.807) is 35.1 Å². The van der Waals surface area contributed by atoms with Crippen molar-refractivity contribution < 1.29 is 4.92 Å². The second-order valence-corrected chi connectivity index (χ2v) is 7.74. The van der Waals surface area contributed by atoms with E-state index in [0.29, 0.717) is 10.7 Å². The summed E-state index contributed by atoms with van der Waals surface area (Å²) in [6.45, 7) is 0.226. The Labute approximate surface area is 176 Å². The van der Waals surface area contributed by atoms with Gasteiger partial charge in [0.1, 0.15) is 10.4 Å². The molecule has 4 aromatic rings. The molecule has 0 radical (unpaired) electrons. The topological polar surface area (TPSA) is 116 Å². The number of nitrogens with zero attached hydrogens (tertiary/aromatic N) is 5. The van der Waals surface area contributed by atoms with Crippen molar-refractivity contribution in [2.75, 3.05) is 5.32 Å². The minimum absolute atomic E-state index is 0.105. The molecule has 1 N–H and O–H groups in total. The molecule has 0 aliphatic carbocycles. The van der Waals surface area contributed by atoms with Gasteiger partial charge in [-0.1, -0.05) is 39.8 Å². The summed E-state index contributed by atoms with van der Waals surface area (Å²) in [7, 11) is 0. The molecule has 4 rings (SSSR count). The molecule has 29 heavy (non-hydrogen) atoms. The average molecular weight is 449 g/mol. The van der Waals surface area contributed by atoms with Gasteiger partial charge in [-0.25, -0.2) is 4.68 Å². The monoisotopic (exact) mass is 448 g/mol. The smallest absolute Gasteiger partial charge is 0.288 e. The fraction of sp³-hybridized carbons (Fsp3) is 0.0588. The molecule has 0 saturated carbocycles. The summed E-state index contributed by atoms with van der Waals surface area (Å²) in [4.78, 5) is 27.0. The van der Waals surface area contributed by atoms with Crippen LogP contribution in [-0.2, 0) is 6.54 Å². The van der Waals surface area contributed by atoms with Crippen LogP contribution in [0.1, 0.15) is 5.69 Å². The maximum atomic E-state index is 12.3. The van der Waals surface area contributed by atoms with Crippen LogP contribution in [0.2, 0.25) is 10.0 Å². The number of nitro benzene ring substituents is 1. The highest BCUT2D eigenvalue weighted by Gasteiger charge is 2.18. The first-order chi connectivity index (χ1) is 13.9. The first-order valence-electron chi connectivity index (χ1n) is 8.10. The SMILES string of the molecule is O=c1nc(NCc2cn(-c3ccc(Cl)cc3)nn2)sc2c([N+](=O)[O-])cc(Cl)cc12. The lowest BCUT2D eigenvalue weighted by Crippen LogP contribution is -2.10. The second kappa shape index (κ2) is 7.74. The molecular weight excluding hydrogens is 439 g/mol. The van der Waals surface area contributed by atoms with Crippen LogP contribution < -0.4 is 10.9 Å². The van der Waals surface area contributed by atoms with Crippen LogP contribution in [0.15, 0.2) is 47.4 Å². The van der Waals surface area contributed by atoms with E-state index in [-0.39, 0.29) is 32.5 Å². The van der Waals surface area contributed by atoms with Gasteiger partial charge in [0, 0.05) is 16.1 Å². The Hall–Kier alpha value is -3.08. The number of hydrogen-bond donors (Lipinski definition) is 1. The molecule has 2 aromatic heterocycles. The largest absolute Gasteiger partial charge is 0.356 e. The summed E-state index contributed by atoms with van der Waals surface area (Å²) >= 11 is 12.8. The molecule has 146 valence electrons. The first-order valence-corrected chi connectivity index (χ1v) is 9.68. The normalized spacial score (nSPS) is 11.0. The Kier molecular flexibility index (Phi) is 5.14. The second-order valence-electron chi connectivity index (χ2n) is 5.87. The van der Waals surface area contributed by atoms with Crippen LogP contribution in [0.4, 0.5) is 10.8 Å². The van der Waals surface area contributed by atoms with Crippen molar-refractivity contribution in [3.63, 3.8) is 0 Å². The minimum Gasteiger partial charge on any atom is -0.356 e. The Morgan fingerprint density at radius 2 is 1.93 bits per heavy atom. The molecular formula is C17H10Cl2N6O3S. The molecule has 0 aliphatic heterocycles. The van der Waals surface area contributed by atoms with Gasteiger partial charge in [-0.15, -0.1) is 5.10 Å². The quantitative estimate of drug-likeness (QED) is 0.361. The summed E-state index contributed by atoms with van der Waals surface area (Å²) in [6, 6.07) is 9.67. The Morgan fingerprint density at radius 1 is 1.17 bits per heavy atom. The lowest BCUT2D eigenvalue weighted by molar-refractivity contribution is -0.382. The molecule has 0 saturated heterocycles. The van der Waals surface area contributed by atoms with Crippen molar-refractivity contribution in [2.24, 2.45) is 0 Å². The van der Waals surface area contributed by atoms with Crippen LogP contribution in [0.5, 0.6) is 0 Å².